The third kappa shape index (κ3) is 3.91. The first-order valence-corrected chi connectivity index (χ1v) is 7.12. The average molecular weight is 282 g/mol. The van der Waals surface area contributed by atoms with Crippen molar-refractivity contribution < 1.29 is 0 Å². The Morgan fingerprint density at radius 3 is 2.75 bits per heavy atom. The van der Waals surface area contributed by atoms with Crippen LogP contribution in [0.15, 0.2) is 28.7 Å². The average Bonchev–Trinajstić information content (AvgIpc) is 2.30. The lowest BCUT2D eigenvalue weighted by atomic mass is 9.95. The third-order valence-electron chi connectivity index (χ3n) is 3.34. The summed E-state index contributed by atoms with van der Waals surface area (Å²) in [5.41, 5.74) is 1.41. The van der Waals surface area contributed by atoms with Gasteiger partial charge in [0.1, 0.15) is 0 Å². The van der Waals surface area contributed by atoms with Gasteiger partial charge < -0.3 is 5.32 Å². The van der Waals surface area contributed by atoms with Crippen molar-refractivity contribution in [1.82, 2.24) is 5.32 Å². The molecule has 0 saturated heterocycles. The van der Waals surface area contributed by atoms with E-state index in [0.29, 0.717) is 0 Å². The quantitative estimate of drug-likeness (QED) is 0.882. The summed E-state index contributed by atoms with van der Waals surface area (Å²) >= 11 is 3.51. The molecule has 2 heteroatoms. The van der Waals surface area contributed by atoms with E-state index in [0.717, 1.165) is 19.0 Å². The predicted molar refractivity (Wildman–Crippen MR) is 72.7 cm³/mol. The minimum Gasteiger partial charge on any atom is -0.314 e. The molecule has 0 heterocycles. The molecule has 0 unspecified atom stereocenters. The monoisotopic (exact) mass is 281 g/mol. The van der Waals surface area contributed by atoms with Gasteiger partial charge in [0.2, 0.25) is 0 Å². The summed E-state index contributed by atoms with van der Waals surface area (Å²) in [7, 11) is 0. The molecule has 0 bridgehead atoms. The molecule has 0 aromatic heterocycles. The second kappa shape index (κ2) is 6.41. The number of hydrogen-bond acceptors (Lipinski definition) is 1. The van der Waals surface area contributed by atoms with Crippen LogP contribution in [0, 0.1) is 0 Å². The van der Waals surface area contributed by atoms with Gasteiger partial charge >= 0.3 is 0 Å². The maximum Gasteiger partial charge on any atom is 0.0178 e. The number of hydrogen-bond donors (Lipinski definition) is 1. The maximum atomic E-state index is 3.67. The van der Waals surface area contributed by atoms with Gasteiger partial charge in [-0.1, -0.05) is 47.3 Å². The second-order valence-electron chi connectivity index (χ2n) is 4.67. The lowest BCUT2D eigenvalue weighted by Gasteiger charge is -2.22. The first-order valence-electron chi connectivity index (χ1n) is 6.32. The van der Waals surface area contributed by atoms with Crippen LogP contribution < -0.4 is 5.32 Å². The van der Waals surface area contributed by atoms with Crippen LogP contribution in [0.3, 0.4) is 0 Å². The Morgan fingerprint density at radius 1 is 1.19 bits per heavy atom. The summed E-state index contributed by atoms with van der Waals surface area (Å²) in [6.45, 7) is 1.11. The molecule has 1 fully saturated rings. The molecule has 1 aliphatic rings. The third-order valence-corrected chi connectivity index (χ3v) is 3.83. The fourth-order valence-corrected chi connectivity index (χ4v) is 2.87. The summed E-state index contributed by atoms with van der Waals surface area (Å²) in [5, 5.41) is 3.67. The zero-order valence-corrected chi connectivity index (χ0v) is 11.3. The standard InChI is InChI=1S/C14H20BrN/c15-13-6-4-5-12(11-13)9-10-16-14-7-2-1-3-8-14/h4-6,11,14,16H,1-3,7-10H2. The van der Waals surface area contributed by atoms with E-state index >= 15 is 0 Å². The van der Waals surface area contributed by atoms with Crippen LogP contribution in [-0.4, -0.2) is 12.6 Å². The van der Waals surface area contributed by atoms with Gasteiger partial charge in [0, 0.05) is 10.5 Å². The Labute approximate surface area is 107 Å². The van der Waals surface area contributed by atoms with E-state index in [4.69, 9.17) is 0 Å². The lowest BCUT2D eigenvalue weighted by Crippen LogP contribution is -2.32. The van der Waals surface area contributed by atoms with Crippen LogP contribution in [0.25, 0.3) is 0 Å². The molecule has 88 valence electrons. The fourth-order valence-electron chi connectivity index (χ4n) is 2.42. The van der Waals surface area contributed by atoms with Gasteiger partial charge in [0.05, 0.1) is 0 Å². The predicted octanol–water partition coefficient (Wildman–Crippen LogP) is 3.91. The van der Waals surface area contributed by atoms with Gasteiger partial charge in [-0.25, -0.2) is 0 Å². The normalized spacial score (nSPS) is 17.6. The van der Waals surface area contributed by atoms with Gasteiger partial charge in [0.25, 0.3) is 0 Å². The highest BCUT2D eigenvalue weighted by molar-refractivity contribution is 9.10. The Bertz CT molecular complexity index is 318. The highest BCUT2D eigenvalue weighted by Crippen LogP contribution is 2.17. The number of rotatable bonds is 4. The van der Waals surface area contributed by atoms with Gasteiger partial charge in [-0.15, -0.1) is 0 Å². The van der Waals surface area contributed by atoms with Crippen molar-refractivity contribution >= 4 is 15.9 Å². The van der Waals surface area contributed by atoms with Gasteiger partial charge in [-0.3, -0.25) is 0 Å². The fraction of sp³-hybridized carbons (Fsp3) is 0.571. The molecular weight excluding hydrogens is 262 g/mol. The van der Waals surface area contributed by atoms with E-state index < -0.39 is 0 Å². The molecule has 0 amide bonds. The first-order chi connectivity index (χ1) is 7.84. The SMILES string of the molecule is Brc1cccc(CCNC2CCCCC2)c1. The second-order valence-corrected chi connectivity index (χ2v) is 5.58. The zero-order valence-electron chi connectivity index (χ0n) is 9.71. The molecule has 1 aromatic carbocycles. The molecule has 1 nitrogen and oxygen atoms in total. The highest BCUT2D eigenvalue weighted by atomic mass is 79.9. The molecule has 0 radical (unpaired) electrons. The van der Waals surface area contributed by atoms with Gasteiger partial charge in [0.15, 0.2) is 0 Å². The van der Waals surface area contributed by atoms with Crippen molar-refractivity contribution in [3.05, 3.63) is 34.3 Å². The van der Waals surface area contributed by atoms with Gasteiger partial charge in [-0.2, -0.15) is 0 Å². The maximum absolute atomic E-state index is 3.67. The molecule has 1 N–H and O–H groups in total. The first kappa shape index (κ1) is 12.1. The number of benzene rings is 1. The van der Waals surface area contributed by atoms with E-state index in [1.165, 1.54) is 42.1 Å². The molecule has 1 aliphatic carbocycles. The highest BCUT2D eigenvalue weighted by Gasteiger charge is 2.11. The van der Waals surface area contributed by atoms with Crippen LogP contribution in [0.2, 0.25) is 0 Å². The van der Waals surface area contributed by atoms with E-state index in [1.54, 1.807) is 0 Å². The van der Waals surface area contributed by atoms with Crippen molar-refractivity contribution in [2.45, 2.75) is 44.6 Å². The van der Waals surface area contributed by atoms with E-state index in [9.17, 15) is 0 Å². The molecule has 2 rings (SSSR count). The minimum atomic E-state index is 0.779. The topological polar surface area (TPSA) is 12.0 Å². The summed E-state index contributed by atoms with van der Waals surface area (Å²) < 4.78 is 1.18. The van der Waals surface area contributed by atoms with Crippen LogP contribution >= 0.6 is 15.9 Å². The summed E-state index contributed by atoms with van der Waals surface area (Å²) in [6.07, 6.45) is 8.14. The molecular formula is C14H20BrN. The Morgan fingerprint density at radius 2 is 2.00 bits per heavy atom. The lowest BCUT2D eigenvalue weighted by molar-refractivity contribution is 0.375. The molecule has 0 aliphatic heterocycles. The van der Waals surface area contributed by atoms with E-state index in [-0.39, 0.29) is 0 Å². The summed E-state index contributed by atoms with van der Waals surface area (Å²) in [4.78, 5) is 0. The molecule has 0 atom stereocenters. The molecule has 1 aromatic rings. The van der Waals surface area contributed by atoms with Crippen LogP contribution in [0.1, 0.15) is 37.7 Å². The minimum absolute atomic E-state index is 0.779. The van der Waals surface area contributed by atoms with Crippen LogP contribution in [0.5, 0.6) is 0 Å². The Kier molecular flexibility index (Phi) is 4.86. The largest absolute Gasteiger partial charge is 0.314 e. The van der Waals surface area contributed by atoms with E-state index in [1.807, 2.05) is 0 Å². The Balaban J connectivity index is 1.71. The molecule has 1 saturated carbocycles. The number of nitrogens with one attached hydrogen (secondary N) is 1. The van der Waals surface area contributed by atoms with Crippen molar-refractivity contribution in [2.24, 2.45) is 0 Å². The number of halogens is 1. The summed E-state index contributed by atoms with van der Waals surface area (Å²) in [5.74, 6) is 0. The molecule has 16 heavy (non-hydrogen) atoms. The van der Waals surface area contributed by atoms with Crippen LogP contribution in [0.4, 0.5) is 0 Å². The van der Waals surface area contributed by atoms with Crippen molar-refractivity contribution in [1.29, 1.82) is 0 Å². The zero-order chi connectivity index (χ0) is 11.2. The Hall–Kier alpha value is -0.340. The molecule has 0 spiro atoms. The van der Waals surface area contributed by atoms with Gasteiger partial charge in [-0.05, 0) is 43.5 Å². The van der Waals surface area contributed by atoms with E-state index in [2.05, 4.69) is 45.5 Å². The van der Waals surface area contributed by atoms with Crippen molar-refractivity contribution in [3.63, 3.8) is 0 Å². The van der Waals surface area contributed by atoms with Crippen LogP contribution in [-0.2, 0) is 6.42 Å². The summed E-state index contributed by atoms with van der Waals surface area (Å²) in [6, 6.07) is 9.38. The van der Waals surface area contributed by atoms with Crippen molar-refractivity contribution in [2.75, 3.05) is 6.54 Å². The van der Waals surface area contributed by atoms with Crippen molar-refractivity contribution in [3.8, 4) is 0 Å². The smallest absolute Gasteiger partial charge is 0.0178 e.